The standard InChI is InChI=1S/C19H27N5O7S/c20-12(5-6-15(21)26)17(28)22-8-16(27)23-13(7-10-1-3-11(25)4-2-10)18(29)24-14(9-32)19(30)31/h1-4,12-14,25,32H,5-9,20H2,(H2,21,26)(H,22,28)(H,23,27)(H,24,29)(H,30,31). The molecule has 0 saturated carbocycles. The maximum absolute atomic E-state index is 12.6. The van der Waals surface area contributed by atoms with Gasteiger partial charge < -0.3 is 37.6 Å². The zero-order valence-corrected chi connectivity index (χ0v) is 18.0. The molecule has 1 aromatic carbocycles. The molecule has 32 heavy (non-hydrogen) atoms. The SMILES string of the molecule is NC(=O)CCC(N)C(=O)NCC(=O)NC(Cc1ccc(O)cc1)C(=O)NC(CS)C(=O)O. The fourth-order valence-electron chi connectivity index (χ4n) is 2.51. The highest BCUT2D eigenvalue weighted by Crippen LogP contribution is 2.11. The molecule has 0 heterocycles. The van der Waals surface area contributed by atoms with Gasteiger partial charge in [0.15, 0.2) is 0 Å². The summed E-state index contributed by atoms with van der Waals surface area (Å²) >= 11 is 3.88. The van der Waals surface area contributed by atoms with E-state index in [1.807, 2.05) is 0 Å². The van der Waals surface area contributed by atoms with Gasteiger partial charge in [0.25, 0.3) is 0 Å². The number of carbonyl (C=O) groups is 5. The zero-order chi connectivity index (χ0) is 24.3. The average molecular weight is 470 g/mol. The summed E-state index contributed by atoms with van der Waals surface area (Å²) in [6.45, 7) is -0.503. The third-order valence-corrected chi connectivity index (χ3v) is 4.65. The van der Waals surface area contributed by atoms with Crippen LogP contribution in [0.4, 0.5) is 0 Å². The number of rotatable bonds is 13. The van der Waals surface area contributed by atoms with Gasteiger partial charge in [-0.1, -0.05) is 12.1 Å². The molecule has 9 N–H and O–H groups in total. The second-order valence-electron chi connectivity index (χ2n) is 6.90. The largest absolute Gasteiger partial charge is 0.508 e. The van der Waals surface area contributed by atoms with Gasteiger partial charge in [-0.05, 0) is 24.1 Å². The van der Waals surface area contributed by atoms with Crippen LogP contribution in [0.15, 0.2) is 24.3 Å². The number of nitrogens with one attached hydrogen (secondary N) is 3. The molecule has 3 atom stereocenters. The van der Waals surface area contributed by atoms with Crippen LogP contribution in [0.2, 0.25) is 0 Å². The number of hydrogen-bond acceptors (Lipinski definition) is 8. The van der Waals surface area contributed by atoms with Gasteiger partial charge in [-0.15, -0.1) is 0 Å². The summed E-state index contributed by atoms with van der Waals surface area (Å²) < 4.78 is 0. The number of hydrogen-bond donors (Lipinski definition) is 8. The van der Waals surface area contributed by atoms with Gasteiger partial charge in [-0.25, -0.2) is 4.79 Å². The highest BCUT2D eigenvalue weighted by Gasteiger charge is 2.26. The van der Waals surface area contributed by atoms with Crippen molar-refractivity contribution in [3.63, 3.8) is 0 Å². The van der Waals surface area contributed by atoms with E-state index in [1.165, 1.54) is 24.3 Å². The predicted molar refractivity (Wildman–Crippen MR) is 117 cm³/mol. The minimum atomic E-state index is -1.29. The highest BCUT2D eigenvalue weighted by atomic mass is 32.1. The molecule has 0 aliphatic heterocycles. The monoisotopic (exact) mass is 469 g/mol. The Labute approximate surface area is 189 Å². The van der Waals surface area contributed by atoms with Gasteiger partial charge >= 0.3 is 5.97 Å². The Morgan fingerprint density at radius 3 is 2.16 bits per heavy atom. The van der Waals surface area contributed by atoms with Crippen molar-refractivity contribution >= 4 is 42.2 Å². The molecule has 0 saturated heterocycles. The molecule has 0 spiro atoms. The first kappa shape index (κ1) is 26.7. The van der Waals surface area contributed by atoms with Crippen molar-refractivity contribution in [1.82, 2.24) is 16.0 Å². The molecule has 0 bridgehead atoms. The smallest absolute Gasteiger partial charge is 0.327 e. The number of phenolic OH excluding ortho intramolecular Hbond substituents is 1. The molecule has 0 aliphatic carbocycles. The molecule has 13 heteroatoms. The molecule has 4 amide bonds. The number of carbonyl (C=O) groups excluding carboxylic acids is 4. The predicted octanol–water partition coefficient (Wildman–Crippen LogP) is -2.37. The zero-order valence-electron chi connectivity index (χ0n) is 17.1. The Morgan fingerprint density at radius 1 is 1.00 bits per heavy atom. The lowest BCUT2D eigenvalue weighted by atomic mass is 10.0. The lowest BCUT2D eigenvalue weighted by Gasteiger charge is -2.21. The number of aliphatic carboxylic acids is 1. The molecule has 176 valence electrons. The molecule has 0 fully saturated rings. The number of nitrogens with two attached hydrogens (primary N) is 2. The van der Waals surface area contributed by atoms with Crippen LogP contribution < -0.4 is 27.4 Å². The van der Waals surface area contributed by atoms with E-state index in [0.29, 0.717) is 5.56 Å². The van der Waals surface area contributed by atoms with Crippen molar-refractivity contribution in [2.24, 2.45) is 11.5 Å². The van der Waals surface area contributed by atoms with Gasteiger partial charge in [-0.3, -0.25) is 19.2 Å². The molecular weight excluding hydrogens is 442 g/mol. The summed E-state index contributed by atoms with van der Waals surface area (Å²) in [6.07, 6.45) is -0.0939. The van der Waals surface area contributed by atoms with Crippen LogP contribution >= 0.6 is 12.6 Å². The highest BCUT2D eigenvalue weighted by molar-refractivity contribution is 7.80. The summed E-state index contributed by atoms with van der Waals surface area (Å²) in [7, 11) is 0. The van der Waals surface area contributed by atoms with E-state index >= 15 is 0 Å². The number of carboxylic acid groups (broad SMARTS) is 1. The quantitative estimate of drug-likeness (QED) is 0.146. The van der Waals surface area contributed by atoms with Gasteiger partial charge in [0, 0.05) is 18.6 Å². The topological polar surface area (TPSA) is 214 Å². The average Bonchev–Trinajstić information content (AvgIpc) is 2.74. The number of thiol groups is 1. The van der Waals surface area contributed by atoms with Gasteiger partial charge in [-0.2, -0.15) is 12.6 Å². The molecule has 0 aliphatic rings. The van der Waals surface area contributed by atoms with Crippen molar-refractivity contribution < 1.29 is 34.2 Å². The summed E-state index contributed by atoms with van der Waals surface area (Å²) in [6, 6.07) is 2.38. The number of aromatic hydroxyl groups is 1. The van der Waals surface area contributed by atoms with Gasteiger partial charge in [0.1, 0.15) is 17.8 Å². The maximum Gasteiger partial charge on any atom is 0.327 e. The van der Waals surface area contributed by atoms with E-state index < -0.39 is 54.3 Å². The van der Waals surface area contributed by atoms with Crippen LogP contribution in [0.25, 0.3) is 0 Å². The Balaban J connectivity index is 2.78. The fourth-order valence-corrected chi connectivity index (χ4v) is 2.75. The summed E-state index contributed by atoms with van der Waals surface area (Å²) in [5.74, 6) is -4.23. The van der Waals surface area contributed by atoms with E-state index in [2.05, 4.69) is 28.6 Å². The van der Waals surface area contributed by atoms with Crippen molar-refractivity contribution in [2.45, 2.75) is 37.4 Å². The van der Waals surface area contributed by atoms with Crippen LogP contribution in [0.1, 0.15) is 18.4 Å². The summed E-state index contributed by atoms with van der Waals surface area (Å²) in [5, 5.41) is 25.5. The van der Waals surface area contributed by atoms with Crippen LogP contribution in [-0.4, -0.2) is 70.2 Å². The summed E-state index contributed by atoms with van der Waals surface area (Å²) in [5.41, 5.74) is 11.2. The first-order valence-electron chi connectivity index (χ1n) is 9.56. The third-order valence-electron chi connectivity index (χ3n) is 4.29. The minimum absolute atomic E-state index is 0.00890. The molecule has 12 nitrogen and oxygen atoms in total. The lowest BCUT2D eigenvalue weighted by molar-refractivity contribution is -0.141. The van der Waals surface area contributed by atoms with Crippen LogP contribution in [0, 0.1) is 0 Å². The van der Waals surface area contributed by atoms with Gasteiger partial charge in [0.2, 0.25) is 23.6 Å². The Hall–Kier alpha value is -3.32. The van der Waals surface area contributed by atoms with E-state index in [9.17, 15) is 29.1 Å². The number of benzene rings is 1. The van der Waals surface area contributed by atoms with E-state index in [1.54, 1.807) is 0 Å². The lowest BCUT2D eigenvalue weighted by Crippen LogP contribution is -2.54. The third kappa shape index (κ3) is 9.66. The number of carboxylic acids is 1. The second-order valence-corrected chi connectivity index (χ2v) is 7.27. The van der Waals surface area contributed by atoms with E-state index in [-0.39, 0.29) is 30.8 Å². The Bertz CT molecular complexity index is 834. The van der Waals surface area contributed by atoms with Crippen LogP contribution in [0.5, 0.6) is 5.75 Å². The first-order valence-corrected chi connectivity index (χ1v) is 10.2. The molecule has 1 rings (SSSR count). The first-order chi connectivity index (χ1) is 15.0. The molecule has 3 unspecified atom stereocenters. The fraction of sp³-hybridized carbons (Fsp3) is 0.421. The van der Waals surface area contributed by atoms with Crippen molar-refractivity contribution in [3.8, 4) is 5.75 Å². The Kier molecular flexibility index (Phi) is 11.0. The Morgan fingerprint density at radius 2 is 1.62 bits per heavy atom. The normalized spacial score (nSPS) is 13.3. The number of phenols is 1. The van der Waals surface area contributed by atoms with Crippen LogP contribution in [0.3, 0.4) is 0 Å². The number of primary amides is 1. The molecule has 0 radical (unpaired) electrons. The minimum Gasteiger partial charge on any atom is -0.508 e. The van der Waals surface area contributed by atoms with Crippen molar-refractivity contribution in [2.75, 3.05) is 12.3 Å². The van der Waals surface area contributed by atoms with Crippen molar-refractivity contribution in [3.05, 3.63) is 29.8 Å². The molecule has 1 aromatic rings. The van der Waals surface area contributed by atoms with Gasteiger partial charge in [0.05, 0.1) is 12.6 Å². The summed E-state index contributed by atoms with van der Waals surface area (Å²) in [4.78, 5) is 58.7. The second kappa shape index (κ2) is 13.2. The molecular formula is C19H27N5O7S. The number of amides is 4. The van der Waals surface area contributed by atoms with E-state index in [0.717, 1.165) is 0 Å². The van der Waals surface area contributed by atoms with Crippen molar-refractivity contribution in [1.29, 1.82) is 0 Å². The van der Waals surface area contributed by atoms with Crippen LogP contribution in [-0.2, 0) is 30.4 Å². The maximum atomic E-state index is 12.6. The molecule has 0 aromatic heterocycles. The van der Waals surface area contributed by atoms with E-state index in [4.69, 9.17) is 16.6 Å².